The Morgan fingerprint density at radius 3 is 2.43 bits per heavy atom. The summed E-state index contributed by atoms with van der Waals surface area (Å²) in [6.45, 7) is 8.07. The summed E-state index contributed by atoms with van der Waals surface area (Å²) >= 11 is 0. The van der Waals surface area contributed by atoms with Crippen LogP contribution in [0.5, 0.6) is 5.75 Å². The molecule has 1 fully saturated rings. The average molecular weight is 445 g/mol. The number of hydrogen-bond donors (Lipinski definition) is 3. The molecule has 9 heteroatoms. The van der Waals surface area contributed by atoms with Gasteiger partial charge < -0.3 is 15.1 Å². The van der Waals surface area contributed by atoms with Gasteiger partial charge in [-0.2, -0.15) is 0 Å². The fraction of sp³-hybridized carbons (Fsp3) is 0.667. The minimum atomic E-state index is -3.65. The number of sulfone groups is 1. The summed E-state index contributed by atoms with van der Waals surface area (Å²) in [4.78, 5) is 13.6. The Hall–Kier alpha value is -1.68. The van der Waals surface area contributed by atoms with Crippen LogP contribution in [0.1, 0.15) is 52.9 Å². The Balaban J connectivity index is 0.00000218. The summed E-state index contributed by atoms with van der Waals surface area (Å²) in [6, 6.07) is 6.51. The van der Waals surface area contributed by atoms with E-state index < -0.39 is 27.1 Å². The van der Waals surface area contributed by atoms with Gasteiger partial charge in [0.25, 0.3) is 0 Å². The normalized spacial score (nSPS) is 19.8. The maximum atomic E-state index is 13.3. The third kappa shape index (κ3) is 7.54. The first-order valence-electron chi connectivity index (χ1n) is 10.4. The lowest BCUT2D eigenvalue weighted by Crippen LogP contribution is -2.48. The summed E-state index contributed by atoms with van der Waals surface area (Å²) in [6.07, 6.45) is 3.42. The summed E-state index contributed by atoms with van der Waals surface area (Å²) < 4.78 is 32.2. The van der Waals surface area contributed by atoms with Gasteiger partial charge in [0, 0.05) is 6.54 Å². The molecule has 1 saturated heterocycles. The van der Waals surface area contributed by atoms with Crippen molar-refractivity contribution in [3.8, 4) is 5.75 Å². The molecule has 0 saturated carbocycles. The number of carboxylic acids is 1. The Morgan fingerprint density at radius 1 is 1.27 bits per heavy atom. The lowest BCUT2D eigenvalue weighted by Gasteiger charge is -2.37. The number of benzene rings is 1. The highest BCUT2D eigenvalue weighted by Gasteiger charge is 2.40. The van der Waals surface area contributed by atoms with E-state index in [-0.39, 0.29) is 11.3 Å². The number of carboxylic acid groups (broad SMARTS) is 1. The molecule has 8 nitrogen and oxygen atoms in total. The lowest BCUT2D eigenvalue weighted by atomic mass is 9.96. The fourth-order valence-electron chi connectivity index (χ4n) is 3.44. The summed E-state index contributed by atoms with van der Waals surface area (Å²) in [7, 11) is -3.65. The van der Waals surface area contributed by atoms with Crippen molar-refractivity contribution >= 4 is 15.8 Å². The molecule has 2 unspecified atom stereocenters. The number of carbonyl (C=O) groups is 1. The molecule has 0 aliphatic carbocycles. The first-order chi connectivity index (χ1) is 14.3. The van der Waals surface area contributed by atoms with Gasteiger partial charge in [-0.05, 0) is 62.4 Å². The first-order valence-corrected chi connectivity index (χ1v) is 12.0. The third-order valence-electron chi connectivity index (χ3n) is 5.28. The number of likely N-dealkylation sites (tertiary alicyclic amines) is 1. The number of hydrogen-bond acceptors (Lipinski definition) is 7. The second-order valence-corrected chi connectivity index (χ2v) is 10.1. The van der Waals surface area contributed by atoms with Gasteiger partial charge >= 0.3 is 5.97 Å². The van der Waals surface area contributed by atoms with Crippen LogP contribution in [0.15, 0.2) is 29.2 Å². The van der Waals surface area contributed by atoms with E-state index in [1.165, 1.54) is 0 Å². The SMILES string of the molecule is CCCCN1CCC(C(=O)O)CC1S(=O)(=O)c1ccc(OCCC(C)C)cc1.NO. The van der Waals surface area contributed by atoms with E-state index >= 15 is 0 Å². The maximum absolute atomic E-state index is 13.3. The Kier molecular flexibility index (Phi) is 11.3. The molecular weight excluding hydrogens is 408 g/mol. The van der Waals surface area contributed by atoms with Crippen LogP contribution in [0.2, 0.25) is 0 Å². The van der Waals surface area contributed by atoms with E-state index in [2.05, 4.69) is 26.7 Å². The number of aliphatic carboxylic acids is 1. The zero-order chi connectivity index (χ0) is 22.7. The zero-order valence-corrected chi connectivity index (χ0v) is 19.0. The molecule has 172 valence electrons. The third-order valence-corrected chi connectivity index (χ3v) is 7.42. The van der Waals surface area contributed by atoms with E-state index in [0.717, 1.165) is 19.3 Å². The van der Waals surface area contributed by atoms with Gasteiger partial charge in [-0.15, -0.1) is 0 Å². The number of ether oxygens (including phenoxy) is 1. The Labute approximate surface area is 179 Å². The summed E-state index contributed by atoms with van der Waals surface area (Å²) in [5, 5.41) is 15.1. The number of unbranched alkanes of at least 4 members (excludes halogenated alkanes) is 1. The van der Waals surface area contributed by atoms with Crippen LogP contribution in [0, 0.1) is 11.8 Å². The molecule has 0 radical (unpaired) electrons. The monoisotopic (exact) mass is 444 g/mol. The van der Waals surface area contributed by atoms with Crippen molar-refractivity contribution in [2.45, 2.75) is 63.1 Å². The quantitative estimate of drug-likeness (QED) is 0.469. The van der Waals surface area contributed by atoms with Crippen LogP contribution in [0.3, 0.4) is 0 Å². The van der Waals surface area contributed by atoms with E-state index in [1.807, 2.05) is 4.90 Å². The van der Waals surface area contributed by atoms with Crippen LogP contribution < -0.4 is 10.6 Å². The second kappa shape index (κ2) is 12.9. The van der Waals surface area contributed by atoms with Gasteiger partial charge in [0.05, 0.1) is 17.4 Å². The molecule has 0 amide bonds. The van der Waals surface area contributed by atoms with Crippen molar-refractivity contribution < 1.29 is 28.3 Å². The predicted octanol–water partition coefficient (Wildman–Crippen LogP) is 3.14. The van der Waals surface area contributed by atoms with Gasteiger partial charge in [0.2, 0.25) is 0 Å². The molecular formula is C21H36N2O6S. The molecule has 1 aromatic carbocycles. The van der Waals surface area contributed by atoms with E-state index in [1.54, 1.807) is 24.3 Å². The molecule has 0 aromatic heterocycles. The number of nitrogens with zero attached hydrogens (tertiary/aromatic N) is 1. The molecule has 2 atom stereocenters. The lowest BCUT2D eigenvalue weighted by molar-refractivity contribution is -0.143. The predicted molar refractivity (Wildman–Crippen MR) is 115 cm³/mol. The smallest absolute Gasteiger partial charge is 0.306 e. The molecule has 1 aliphatic heterocycles. The van der Waals surface area contributed by atoms with Crippen LogP contribution in [-0.2, 0) is 14.6 Å². The van der Waals surface area contributed by atoms with Gasteiger partial charge in [0.15, 0.2) is 9.84 Å². The number of nitrogens with two attached hydrogens (primary N) is 1. The topological polar surface area (TPSA) is 130 Å². The standard InChI is InChI=1S/C21H33NO5S.H3NO/c1-4-5-12-22-13-10-17(21(23)24)15-20(22)28(25,26)19-8-6-18(7-9-19)27-14-11-16(2)3;1-2/h6-9,16-17,20H,4-5,10-15H2,1-3H3,(H,23,24);2H,1H2. The fourth-order valence-corrected chi connectivity index (χ4v) is 5.35. The number of rotatable bonds is 10. The van der Waals surface area contributed by atoms with Crippen LogP contribution in [0.4, 0.5) is 0 Å². The Bertz CT molecular complexity index is 736. The maximum Gasteiger partial charge on any atom is 0.306 e. The van der Waals surface area contributed by atoms with Gasteiger partial charge in [-0.1, -0.05) is 27.2 Å². The highest BCUT2D eigenvalue weighted by molar-refractivity contribution is 7.92. The number of piperidine rings is 1. The molecule has 0 bridgehead atoms. The molecule has 1 aromatic rings. The highest BCUT2D eigenvalue weighted by atomic mass is 32.2. The van der Waals surface area contributed by atoms with Crippen molar-refractivity contribution in [3.05, 3.63) is 24.3 Å². The molecule has 0 spiro atoms. The molecule has 4 N–H and O–H groups in total. The van der Waals surface area contributed by atoms with Crippen molar-refractivity contribution in [1.29, 1.82) is 0 Å². The van der Waals surface area contributed by atoms with Crippen LogP contribution >= 0.6 is 0 Å². The van der Waals surface area contributed by atoms with E-state index in [4.69, 9.17) is 9.94 Å². The summed E-state index contributed by atoms with van der Waals surface area (Å²) in [5.74, 6) is 3.16. The van der Waals surface area contributed by atoms with Crippen molar-refractivity contribution in [2.24, 2.45) is 17.7 Å². The largest absolute Gasteiger partial charge is 0.494 e. The van der Waals surface area contributed by atoms with Crippen molar-refractivity contribution in [2.75, 3.05) is 19.7 Å². The average Bonchev–Trinajstić information content (AvgIpc) is 2.73. The first kappa shape index (κ1) is 26.4. The minimum absolute atomic E-state index is 0.133. The molecule has 30 heavy (non-hydrogen) atoms. The minimum Gasteiger partial charge on any atom is -0.494 e. The van der Waals surface area contributed by atoms with Crippen molar-refractivity contribution in [1.82, 2.24) is 4.90 Å². The molecule has 1 heterocycles. The molecule has 1 aliphatic rings. The highest BCUT2D eigenvalue weighted by Crippen LogP contribution is 2.31. The van der Waals surface area contributed by atoms with Gasteiger partial charge in [0.1, 0.15) is 11.1 Å². The van der Waals surface area contributed by atoms with E-state index in [9.17, 15) is 18.3 Å². The molecule has 2 rings (SSSR count). The zero-order valence-electron chi connectivity index (χ0n) is 18.2. The van der Waals surface area contributed by atoms with E-state index in [0.29, 0.717) is 37.8 Å². The van der Waals surface area contributed by atoms with Crippen LogP contribution in [0.25, 0.3) is 0 Å². The van der Waals surface area contributed by atoms with Crippen LogP contribution in [-0.4, -0.2) is 54.7 Å². The van der Waals surface area contributed by atoms with Crippen molar-refractivity contribution in [3.63, 3.8) is 0 Å². The summed E-state index contributed by atoms with van der Waals surface area (Å²) in [5.41, 5.74) is 0. The Morgan fingerprint density at radius 2 is 1.90 bits per heavy atom. The van der Waals surface area contributed by atoms with Gasteiger partial charge in [-0.25, -0.2) is 14.3 Å². The van der Waals surface area contributed by atoms with Gasteiger partial charge in [-0.3, -0.25) is 9.69 Å². The second-order valence-electron chi connectivity index (χ2n) is 7.95.